The van der Waals surface area contributed by atoms with Gasteiger partial charge in [0, 0.05) is 10.3 Å². The minimum atomic E-state index is -1.08. The molecule has 0 aliphatic heterocycles. The molecular formula is C16H28O4S2. The van der Waals surface area contributed by atoms with Gasteiger partial charge in [-0.05, 0) is 25.5 Å². The highest BCUT2D eigenvalue weighted by molar-refractivity contribution is 7.81. The first-order valence-corrected chi connectivity index (χ1v) is 8.13. The quantitative estimate of drug-likeness (QED) is 0.580. The fourth-order valence-corrected chi connectivity index (χ4v) is 1.18. The van der Waals surface area contributed by atoms with Gasteiger partial charge < -0.3 is 10.2 Å². The summed E-state index contributed by atoms with van der Waals surface area (Å²) in [6.07, 6.45) is 5.62. The van der Waals surface area contributed by atoms with E-state index in [-0.39, 0.29) is 16.7 Å². The maximum Gasteiger partial charge on any atom is 0.331 e. The van der Waals surface area contributed by atoms with E-state index < -0.39 is 17.4 Å². The third-order valence-electron chi connectivity index (χ3n) is 2.31. The third kappa shape index (κ3) is 12.8. The van der Waals surface area contributed by atoms with Crippen LogP contribution in [0.2, 0.25) is 0 Å². The lowest BCUT2D eigenvalue weighted by atomic mass is 9.80. The number of carboxylic acid groups (broad SMARTS) is 2. The van der Waals surface area contributed by atoms with Crippen LogP contribution in [0.3, 0.4) is 0 Å². The molecule has 1 aliphatic carbocycles. The summed E-state index contributed by atoms with van der Waals surface area (Å²) in [6.45, 7) is 9.76. The van der Waals surface area contributed by atoms with Crippen LogP contribution in [0.25, 0.3) is 0 Å². The van der Waals surface area contributed by atoms with Crippen LogP contribution in [0.4, 0.5) is 0 Å². The van der Waals surface area contributed by atoms with E-state index in [4.69, 9.17) is 10.2 Å². The molecule has 1 aliphatic rings. The van der Waals surface area contributed by atoms with Gasteiger partial charge >= 0.3 is 11.9 Å². The summed E-state index contributed by atoms with van der Waals surface area (Å²) >= 11 is 8.04. The van der Waals surface area contributed by atoms with E-state index in [1.165, 1.54) is 31.6 Å². The average Bonchev–Trinajstić information content (AvgIpc) is 2.37. The Balaban J connectivity index is 0. The van der Waals surface area contributed by atoms with E-state index in [9.17, 15) is 9.59 Å². The fourth-order valence-electron chi connectivity index (χ4n) is 1.18. The van der Waals surface area contributed by atoms with Crippen molar-refractivity contribution in [2.45, 2.75) is 52.2 Å². The zero-order chi connectivity index (χ0) is 18.0. The number of hydrogen-bond acceptors (Lipinski definition) is 4. The Labute approximate surface area is 144 Å². The van der Waals surface area contributed by atoms with Gasteiger partial charge in [-0.25, -0.2) is 4.79 Å². The molecule has 0 heterocycles. The van der Waals surface area contributed by atoms with E-state index in [0.29, 0.717) is 0 Å². The highest BCUT2D eigenvalue weighted by Gasteiger charge is 2.34. The molecule has 1 unspecified atom stereocenters. The van der Waals surface area contributed by atoms with Crippen LogP contribution in [0.5, 0.6) is 0 Å². The lowest BCUT2D eigenvalue weighted by Gasteiger charge is -2.23. The minimum Gasteiger partial charge on any atom is -0.481 e. The topological polar surface area (TPSA) is 74.6 Å². The van der Waals surface area contributed by atoms with Crippen LogP contribution in [0.15, 0.2) is 23.8 Å². The van der Waals surface area contributed by atoms with Crippen molar-refractivity contribution in [2.75, 3.05) is 5.75 Å². The van der Waals surface area contributed by atoms with Gasteiger partial charge in [-0.15, -0.1) is 0 Å². The Morgan fingerprint density at radius 2 is 1.73 bits per heavy atom. The molecule has 6 heteroatoms. The molecule has 0 saturated carbocycles. The summed E-state index contributed by atoms with van der Waals surface area (Å²) in [6, 6.07) is 0. The number of hydrogen-bond donors (Lipinski definition) is 4. The molecule has 1 rings (SSSR count). The average molecular weight is 349 g/mol. The van der Waals surface area contributed by atoms with E-state index in [1.807, 2.05) is 0 Å². The summed E-state index contributed by atoms with van der Waals surface area (Å²) < 4.78 is 0.194. The normalized spacial score (nSPS) is 19.9. The molecule has 0 aromatic carbocycles. The predicted molar refractivity (Wildman–Crippen MR) is 98.1 cm³/mol. The largest absolute Gasteiger partial charge is 0.481 e. The van der Waals surface area contributed by atoms with Gasteiger partial charge in [0.15, 0.2) is 0 Å². The van der Waals surface area contributed by atoms with E-state index in [0.717, 1.165) is 5.75 Å². The number of carboxylic acids is 2. The summed E-state index contributed by atoms with van der Waals surface area (Å²) in [5, 5.41) is 17.5. The number of allylic oxidation sites excluding steroid dienone is 2. The first kappa shape index (κ1) is 23.4. The highest BCUT2D eigenvalue weighted by Crippen LogP contribution is 2.31. The second-order valence-corrected chi connectivity index (χ2v) is 7.94. The molecule has 0 fully saturated rings. The molecule has 0 saturated heterocycles. The second-order valence-electron chi connectivity index (χ2n) is 6.15. The predicted octanol–water partition coefficient (Wildman–Crippen LogP) is 4.09. The van der Waals surface area contributed by atoms with Gasteiger partial charge in [-0.1, -0.05) is 45.9 Å². The van der Waals surface area contributed by atoms with E-state index >= 15 is 0 Å². The lowest BCUT2D eigenvalue weighted by molar-refractivity contribution is -0.145. The minimum absolute atomic E-state index is 0.0359. The Kier molecular flexibility index (Phi) is 11.5. The van der Waals surface area contributed by atoms with E-state index in [1.54, 1.807) is 0 Å². The zero-order valence-corrected chi connectivity index (χ0v) is 15.7. The van der Waals surface area contributed by atoms with E-state index in [2.05, 4.69) is 53.0 Å². The summed E-state index contributed by atoms with van der Waals surface area (Å²) in [4.78, 5) is 21.3. The second kappa shape index (κ2) is 10.8. The Hall–Kier alpha value is -0.880. The Bertz CT molecular complexity index is 414. The number of aliphatic carboxylic acids is 2. The van der Waals surface area contributed by atoms with Crippen LogP contribution in [-0.4, -0.2) is 32.7 Å². The Morgan fingerprint density at radius 1 is 1.32 bits per heavy atom. The summed E-state index contributed by atoms with van der Waals surface area (Å²) in [7, 11) is 0. The van der Waals surface area contributed by atoms with Gasteiger partial charge in [-0.3, -0.25) is 4.79 Å². The van der Waals surface area contributed by atoms with Crippen molar-refractivity contribution in [1.29, 1.82) is 0 Å². The molecule has 0 radical (unpaired) electrons. The van der Waals surface area contributed by atoms with Crippen molar-refractivity contribution in [3.8, 4) is 0 Å². The van der Waals surface area contributed by atoms with Crippen molar-refractivity contribution in [1.82, 2.24) is 0 Å². The monoisotopic (exact) mass is 348 g/mol. The number of thiol groups is 2. The molecular weight excluding hydrogens is 320 g/mol. The van der Waals surface area contributed by atoms with Gasteiger partial charge in [0.05, 0.1) is 5.41 Å². The van der Waals surface area contributed by atoms with Crippen molar-refractivity contribution in [3.05, 3.63) is 23.8 Å². The molecule has 22 heavy (non-hydrogen) atoms. The fraction of sp³-hybridized carbons (Fsp3) is 0.625. The maximum absolute atomic E-state index is 10.8. The van der Waals surface area contributed by atoms with Crippen LogP contribution in [0, 0.1) is 5.41 Å². The third-order valence-corrected chi connectivity index (χ3v) is 2.75. The smallest absolute Gasteiger partial charge is 0.331 e. The van der Waals surface area contributed by atoms with Crippen LogP contribution in [-0.2, 0) is 9.59 Å². The van der Waals surface area contributed by atoms with Crippen molar-refractivity contribution in [2.24, 2.45) is 5.41 Å². The zero-order valence-electron chi connectivity index (χ0n) is 14.0. The highest BCUT2D eigenvalue weighted by atomic mass is 32.1. The number of carbonyl (C=O) groups is 2. The molecule has 0 aromatic heterocycles. The molecule has 1 atom stereocenters. The number of rotatable bonds is 3. The maximum atomic E-state index is 10.8. The molecule has 0 amide bonds. The van der Waals surface area contributed by atoms with Gasteiger partial charge in [0.25, 0.3) is 0 Å². The molecule has 0 spiro atoms. The molecule has 0 aromatic rings. The SMILES string of the molecule is CC(C)(C)S.CC1(C(=O)O)C=CC=C(C(=O)O)C1.CCCS. The summed E-state index contributed by atoms with van der Waals surface area (Å²) in [5.74, 6) is -1.05. The first-order valence-electron chi connectivity index (χ1n) is 7.05. The standard InChI is InChI=1S/C9H10O4.C4H10S.C3H8S/c1-9(8(12)13)4-2-3-6(5-9)7(10)11;1-4(2,3)5;1-2-3-4/h2-4H,5H2,1H3,(H,10,11)(H,12,13);5H,1-3H3;4H,2-3H2,1H3. The van der Waals surface area contributed by atoms with Crippen LogP contribution >= 0.6 is 25.3 Å². The van der Waals surface area contributed by atoms with Crippen molar-refractivity contribution in [3.63, 3.8) is 0 Å². The lowest BCUT2D eigenvalue weighted by Crippen LogP contribution is -2.28. The van der Waals surface area contributed by atoms with Crippen molar-refractivity contribution >= 4 is 37.2 Å². The van der Waals surface area contributed by atoms with Gasteiger partial charge in [0.2, 0.25) is 0 Å². The van der Waals surface area contributed by atoms with Crippen LogP contribution < -0.4 is 0 Å². The first-order chi connectivity index (χ1) is 9.87. The van der Waals surface area contributed by atoms with Gasteiger partial charge in [-0.2, -0.15) is 25.3 Å². The Morgan fingerprint density at radius 3 is 2.00 bits per heavy atom. The molecule has 128 valence electrons. The molecule has 4 nitrogen and oxygen atoms in total. The van der Waals surface area contributed by atoms with Gasteiger partial charge in [0.1, 0.15) is 0 Å². The molecule has 0 bridgehead atoms. The van der Waals surface area contributed by atoms with Crippen molar-refractivity contribution < 1.29 is 19.8 Å². The molecule has 2 N–H and O–H groups in total. The van der Waals surface area contributed by atoms with Crippen LogP contribution in [0.1, 0.15) is 47.5 Å². The summed E-state index contributed by atoms with van der Waals surface area (Å²) in [5.41, 5.74) is -0.949.